The number of rotatable bonds is 6. The lowest BCUT2D eigenvalue weighted by atomic mass is 10.0. The smallest absolute Gasteiger partial charge is 0.303 e. The Kier molecular flexibility index (Phi) is 6.06. The molecule has 0 bridgehead atoms. The molecule has 1 aromatic rings. The predicted octanol–water partition coefficient (Wildman–Crippen LogP) is 2.44. The summed E-state index contributed by atoms with van der Waals surface area (Å²) in [5, 5.41) is 8.67. The average Bonchev–Trinajstić information content (AvgIpc) is 2.33. The average molecular weight is 382 g/mol. The molecule has 1 atom stereocenters. The van der Waals surface area contributed by atoms with Gasteiger partial charge >= 0.3 is 5.97 Å². The number of aliphatic carboxylic acids is 1. The summed E-state index contributed by atoms with van der Waals surface area (Å²) in [5.41, 5.74) is 6.54. The van der Waals surface area contributed by atoms with Crippen molar-refractivity contribution in [3.05, 3.63) is 22.2 Å². The predicted molar refractivity (Wildman–Crippen MR) is 82.8 cm³/mol. The van der Waals surface area contributed by atoms with Crippen molar-refractivity contribution in [2.75, 3.05) is 12.5 Å². The minimum atomic E-state index is -3.38. The van der Waals surface area contributed by atoms with Crippen molar-refractivity contribution in [2.45, 2.75) is 28.7 Å². The molecule has 0 aromatic heterocycles. The van der Waals surface area contributed by atoms with Gasteiger partial charge in [0.25, 0.3) is 0 Å². The maximum Gasteiger partial charge on any atom is 0.303 e. The van der Waals surface area contributed by atoms with E-state index in [1.165, 1.54) is 17.8 Å². The van der Waals surface area contributed by atoms with Gasteiger partial charge in [0, 0.05) is 28.1 Å². The van der Waals surface area contributed by atoms with E-state index in [-0.39, 0.29) is 17.7 Å². The SMILES string of the molecule is CSc1c(Br)cc(C(N)CCC(=O)O)cc1S(C)(=O)=O. The van der Waals surface area contributed by atoms with Crippen molar-refractivity contribution in [2.24, 2.45) is 5.73 Å². The molecule has 1 aromatic carbocycles. The molecule has 0 heterocycles. The molecule has 0 spiro atoms. The molecule has 3 N–H and O–H groups in total. The Bertz CT molecular complexity index is 616. The van der Waals surface area contributed by atoms with Crippen LogP contribution in [0.1, 0.15) is 24.4 Å². The van der Waals surface area contributed by atoms with Crippen LogP contribution in [0.2, 0.25) is 0 Å². The number of carboxylic acid groups (broad SMARTS) is 1. The first kappa shape index (κ1) is 17.5. The molecule has 5 nitrogen and oxygen atoms in total. The van der Waals surface area contributed by atoms with Crippen LogP contribution < -0.4 is 5.73 Å². The number of carboxylic acids is 1. The second-order valence-corrected chi connectivity index (χ2v) is 8.00. The third-order valence-electron chi connectivity index (χ3n) is 2.73. The van der Waals surface area contributed by atoms with Gasteiger partial charge in [0.15, 0.2) is 9.84 Å². The van der Waals surface area contributed by atoms with Gasteiger partial charge in [-0.1, -0.05) is 0 Å². The van der Waals surface area contributed by atoms with Crippen molar-refractivity contribution in [3.63, 3.8) is 0 Å². The Morgan fingerprint density at radius 2 is 2.10 bits per heavy atom. The lowest BCUT2D eigenvalue weighted by Crippen LogP contribution is -2.13. The van der Waals surface area contributed by atoms with E-state index < -0.39 is 21.8 Å². The van der Waals surface area contributed by atoms with Gasteiger partial charge in [-0.2, -0.15) is 0 Å². The van der Waals surface area contributed by atoms with Crippen LogP contribution in [0.25, 0.3) is 0 Å². The third-order valence-corrected chi connectivity index (χ3v) is 5.72. The Hall–Kier alpha value is -0.570. The standard InChI is InChI=1S/C12H16BrNO4S2/c1-19-12-8(13)5-7(6-10(12)20(2,17)18)9(14)3-4-11(15)16/h5-6,9H,3-4,14H2,1-2H3,(H,15,16). The maximum atomic E-state index is 11.8. The van der Waals surface area contributed by atoms with E-state index in [0.717, 1.165) is 6.26 Å². The fraction of sp³-hybridized carbons (Fsp3) is 0.417. The Morgan fingerprint density at radius 3 is 2.55 bits per heavy atom. The summed E-state index contributed by atoms with van der Waals surface area (Å²) in [6.07, 6.45) is 3.13. The first-order chi connectivity index (χ1) is 9.16. The minimum Gasteiger partial charge on any atom is -0.481 e. The fourth-order valence-electron chi connectivity index (χ4n) is 1.72. The van der Waals surface area contributed by atoms with E-state index >= 15 is 0 Å². The largest absolute Gasteiger partial charge is 0.481 e. The molecule has 0 fully saturated rings. The minimum absolute atomic E-state index is 0.0583. The van der Waals surface area contributed by atoms with E-state index in [4.69, 9.17) is 10.8 Å². The molecule has 20 heavy (non-hydrogen) atoms. The molecule has 8 heteroatoms. The summed E-state index contributed by atoms with van der Waals surface area (Å²) >= 11 is 4.67. The number of nitrogens with two attached hydrogens (primary N) is 1. The fourth-order valence-corrected chi connectivity index (χ4v) is 4.83. The highest BCUT2D eigenvalue weighted by Crippen LogP contribution is 2.35. The van der Waals surface area contributed by atoms with Gasteiger partial charge in [-0.05, 0) is 46.3 Å². The molecule has 0 radical (unpaired) electrons. The molecule has 0 amide bonds. The van der Waals surface area contributed by atoms with Gasteiger partial charge in [-0.15, -0.1) is 11.8 Å². The van der Waals surface area contributed by atoms with Crippen LogP contribution in [-0.4, -0.2) is 32.0 Å². The first-order valence-electron chi connectivity index (χ1n) is 5.71. The van der Waals surface area contributed by atoms with Crippen LogP contribution in [0.5, 0.6) is 0 Å². The zero-order valence-electron chi connectivity index (χ0n) is 11.1. The second kappa shape index (κ2) is 6.93. The summed E-state index contributed by atoms with van der Waals surface area (Å²) in [4.78, 5) is 11.4. The molecule has 1 unspecified atom stereocenters. The van der Waals surface area contributed by atoms with Crippen molar-refractivity contribution in [3.8, 4) is 0 Å². The summed E-state index contributed by atoms with van der Waals surface area (Å²) in [5.74, 6) is -0.927. The number of hydrogen-bond donors (Lipinski definition) is 2. The summed E-state index contributed by atoms with van der Waals surface area (Å²) in [6.45, 7) is 0. The Labute approximate surface area is 131 Å². The van der Waals surface area contributed by atoms with Crippen LogP contribution in [0, 0.1) is 0 Å². The van der Waals surface area contributed by atoms with Gasteiger partial charge in [0.05, 0.1) is 4.90 Å². The molecule has 0 saturated carbocycles. The van der Waals surface area contributed by atoms with E-state index in [2.05, 4.69) is 15.9 Å². The van der Waals surface area contributed by atoms with Gasteiger partial charge in [-0.3, -0.25) is 4.79 Å². The topological polar surface area (TPSA) is 97.5 Å². The quantitative estimate of drug-likeness (QED) is 0.734. The Morgan fingerprint density at radius 1 is 1.50 bits per heavy atom. The number of carbonyl (C=O) groups is 1. The number of thioether (sulfide) groups is 1. The van der Waals surface area contributed by atoms with Crippen LogP contribution in [0.3, 0.4) is 0 Å². The third kappa shape index (κ3) is 4.47. The molecule has 0 aliphatic heterocycles. The van der Waals surface area contributed by atoms with Gasteiger partial charge in [-0.25, -0.2) is 8.42 Å². The van der Waals surface area contributed by atoms with E-state index in [9.17, 15) is 13.2 Å². The van der Waals surface area contributed by atoms with Crippen LogP contribution in [0.4, 0.5) is 0 Å². The highest BCUT2D eigenvalue weighted by atomic mass is 79.9. The maximum absolute atomic E-state index is 11.8. The highest BCUT2D eigenvalue weighted by Gasteiger charge is 2.19. The zero-order chi connectivity index (χ0) is 15.5. The number of halogens is 1. The first-order valence-corrected chi connectivity index (χ1v) is 9.62. The van der Waals surface area contributed by atoms with Crippen LogP contribution in [-0.2, 0) is 14.6 Å². The number of hydrogen-bond acceptors (Lipinski definition) is 5. The molecule has 0 saturated heterocycles. The van der Waals surface area contributed by atoms with Gasteiger partial charge < -0.3 is 10.8 Å². The number of sulfone groups is 1. The summed E-state index contributed by atoms with van der Waals surface area (Å²) in [7, 11) is -3.38. The molecular formula is C12H16BrNO4S2. The summed E-state index contributed by atoms with van der Waals surface area (Å²) in [6, 6.07) is 2.75. The van der Waals surface area contributed by atoms with Crippen LogP contribution in [0.15, 0.2) is 26.4 Å². The van der Waals surface area contributed by atoms with Gasteiger partial charge in [0.1, 0.15) is 0 Å². The van der Waals surface area contributed by atoms with E-state index in [0.29, 0.717) is 14.9 Å². The lowest BCUT2D eigenvalue weighted by molar-refractivity contribution is -0.137. The number of benzene rings is 1. The van der Waals surface area contributed by atoms with E-state index in [1.54, 1.807) is 12.3 Å². The normalized spacial score (nSPS) is 13.2. The van der Waals surface area contributed by atoms with E-state index in [1.807, 2.05) is 0 Å². The second-order valence-electron chi connectivity index (χ2n) is 4.35. The molecule has 0 aliphatic carbocycles. The van der Waals surface area contributed by atoms with Crippen molar-refractivity contribution in [1.82, 2.24) is 0 Å². The van der Waals surface area contributed by atoms with Crippen molar-refractivity contribution >= 4 is 43.5 Å². The molecule has 1 rings (SSSR count). The zero-order valence-corrected chi connectivity index (χ0v) is 14.3. The molecule has 0 aliphatic rings. The molecular weight excluding hydrogens is 366 g/mol. The van der Waals surface area contributed by atoms with Crippen molar-refractivity contribution < 1.29 is 18.3 Å². The lowest BCUT2D eigenvalue weighted by Gasteiger charge is -2.15. The highest BCUT2D eigenvalue weighted by molar-refractivity contribution is 9.10. The Balaban J connectivity index is 3.24. The van der Waals surface area contributed by atoms with Crippen molar-refractivity contribution in [1.29, 1.82) is 0 Å². The van der Waals surface area contributed by atoms with Crippen LogP contribution >= 0.6 is 27.7 Å². The van der Waals surface area contributed by atoms with Gasteiger partial charge in [0.2, 0.25) is 0 Å². The summed E-state index contributed by atoms with van der Waals surface area (Å²) < 4.78 is 24.3. The monoisotopic (exact) mass is 381 g/mol. The molecule has 112 valence electrons.